The zero-order chi connectivity index (χ0) is 13.5. The molecule has 0 unspecified atom stereocenters. The molecule has 7 heteroatoms. The number of nitrogens with zero attached hydrogens (tertiary/aromatic N) is 2. The van der Waals surface area contributed by atoms with Gasteiger partial charge in [0.2, 0.25) is 5.91 Å². The predicted molar refractivity (Wildman–Crippen MR) is 72.1 cm³/mol. The van der Waals surface area contributed by atoms with E-state index in [9.17, 15) is 9.59 Å². The van der Waals surface area contributed by atoms with Crippen LogP contribution in [0.15, 0.2) is 9.72 Å². The van der Waals surface area contributed by atoms with Gasteiger partial charge < -0.3 is 10.0 Å². The first-order valence-corrected chi connectivity index (χ1v) is 7.50. The third kappa shape index (κ3) is 4.66. The minimum Gasteiger partial charge on any atom is -0.481 e. The van der Waals surface area contributed by atoms with Gasteiger partial charge >= 0.3 is 5.97 Å². The first-order chi connectivity index (χ1) is 8.56. The summed E-state index contributed by atoms with van der Waals surface area (Å²) < 4.78 is 0.742. The average Bonchev–Trinajstić information content (AvgIpc) is 2.75. The summed E-state index contributed by atoms with van der Waals surface area (Å²) in [6, 6.07) is 0. The topological polar surface area (TPSA) is 70.5 Å². The Labute approximate surface area is 114 Å². The summed E-state index contributed by atoms with van der Waals surface area (Å²) in [6.07, 6.45) is -0.0684. The highest BCUT2D eigenvalue weighted by Crippen LogP contribution is 2.23. The molecule has 5 nitrogen and oxygen atoms in total. The van der Waals surface area contributed by atoms with Crippen molar-refractivity contribution < 1.29 is 14.7 Å². The fourth-order valence-corrected chi connectivity index (χ4v) is 3.13. The molecular weight excluding hydrogens is 272 g/mol. The molecule has 0 fully saturated rings. The number of rotatable bonds is 7. The van der Waals surface area contributed by atoms with Gasteiger partial charge in [0.05, 0.1) is 17.9 Å². The summed E-state index contributed by atoms with van der Waals surface area (Å²) in [5, 5.41) is 10.3. The van der Waals surface area contributed by atoms with E-state index in [-0.39, 0.29) is 12.3 Å². The molecule has 100 valence electrons. The van der Waals surface area contributed by atoms with Crippen LogP contribution in [0.25, 0.3) is 0 Å². The minimum absolute atomic E-state index is 0.0684. The number of thiazole rings is 1. The maximum absolute atomic E-state index is 11.8. The number of thioether (sulfide) groups is 1. The molecule has 1 heterocycles. The van der Waals surface area contributed by atoms with Gasteiger partial charge in [-0.25, -0.2) is 4.98 Å². The van der Waals surface area contributed by atoms with Crippen molar-refractivity contribution >= 4 is 35.0 Å². The van der Waals surface area contributed by atoms with Crippen LogP contribution in [0.2, 0.25) is 0 Å². The van der Waals surface area contributed by atoms with Crippen molar-refractivity contribution in [1.82, 2.24) is 9.88 Å². The number of carboxylic acids is 1. The van der Waals surface area contributed by atoms with E-state index in [4.69, 9.17) is 5.11 Å². The third-order valence-corrected chi connectivity index (χ3v) is 4.35. The number of carbonyl (C=O) groups is 2. The van der Waals surface area contributed by atoms with Crippen LogP contribution in [0.3, 0.4) is 0 Å². The van der Waals surface area contributed by atoms with Crippen LogP contribution in [0.4, 0.5) is 0 Å². The van der Waals surface area contributed by atoms with Gasteiger partial charge in [-0.2, -0.15) is 0 Å². The van der Waals surface area contributed by atoms with Gasteiger partial charge in [0.1, 0.15) is 0 Å². The second-order valence-electron chi connectivity index (χ2n) is 3.53. The number of aliphatic carboxylic acids is 1. The highest BCUT2D eigenvalue weighted by molar-refractivity contribution is 8.01. The Morgan fingerprint density at radius 3 is 2.67 bits per heavy atom. The molecule has 18 heavy (non-hydrogen) atoms. The summed E-state index contributed by atoms with van der Waals surface area (Å²) in [5.41, 5.74) is 0.547. The van der Waals surface area contributed by atoms with Crippen molar-refractivity contribution in [1.29, 1.82) is 0 Å². The van der Waals surface area contributed by atoms with Gasteiger partial charge in [-0.3, -0.25) is 9.59 Å². The number of aromatic nitrogens is 1. The molecule has 1 rings (SSSR count). The quantitative estimate of drug-likeness (QED) is 0.774. The minimum atomic E-state index is -0.893. The highest BCUT2D eigenvalue weighted by atomic mass is 32.2. The van der Waals surface area contributed by atoms with E-state index in [0.29, 0.717) is 24.5 Å². The molecular formula is C11H16N2O3S2. The number of hydrogen-bond acceptors (Lipinski definition) is 5. The molecule has 0 bridgehead atoms. The molecule has 0 saturated carbocycles. The van der Waals surface area contributed by atoms with E-state index in [2.05, 4.69) is 4.98 Å². The lowest BCUT2D eigenvalue weighted by Gasteiger charge is -2.17. The fraction of sp³-hybridized carbons (Fsp3) is 0.545. The standard InChI is InChI=1S/C11H16N2O3S2/c1-3-13(4-2)9(14)7-18-11-12-8(6-17-11)5-10(15)16/h6H,3-5,7H2,1-2H3,(H,15,16). The van der Waals surface area contributed by atoms with Crippen LogP contribution < -0.4 is 0 Å². The molecule has 0 spiro atoms. The first-order valence-electron chi connectivity index (χ1n) is 5.63. The van der Waals surface area contributed by atoms with Crippen molar-refractivity contribution in [3.8, 4) is 0 Å². The molecule has 0 aliphatic heterocycles. The van der Waals surface area contributed by atoms with Crippen LogP contribution in [0.1, 0.15) is 19.5 Å². The molecule has 0 aliphatic rings. The normalized spacial score (nSPS) is 10.3. The predicted octanol–water partition coefficient (Wildman–Crippen LogP) is 1.73. The Morgan fingerprint density at radius 2 is 2.11 bits per heavy atom. The van der Waals surface area contributed by atoms with Gasteiger partial charge in [-0.1, -0.05) is 11.8 Å². The molecule has 1 aromatic heterocycles. The van der Waals surface area contributed by atoms with E-state index < -0.39 is 5.97 Å². The van der Waals surface area contributed by atoms with Gasteiger partial charge in [0.15, 0.2) is 4.34 Å². The van der Waals surface area contributed by atoms with E-state index >= 15 is 0 Å². The monoisotopic (exact) mass is 288 g/mol. The van der Waals surface area contributed by atoms with E-state index in [1.54, 1.807) is 10.3 Å². The van der Waals surface area contributed by atoms with Gasteiger partial charge in [0, 0.05) is 18.5 Å². The van der Waals surface area contributed by atoms with Crippen LogP contribution in [0, 0.1) is 0 Å². The lowest BCUT2D eigenvalue weighted by atomic mass is 10.3. The van der Waals surface area contributed by atoms with Crippen molar-refractivity contribution in [2.75, 3.05) is 18.8 Å². The Kier molecular flexibility index (Phi) is 6.14. The molecule has 0 aliphatic carbocycles. The lowest BCUT2D eigenvalue weighted by molar-refractivity contribution is -0.136. The highest BCUT2D eigenvalue weighted by Gasteiger charge is 2.12. The molecule has 0 aromatic carbocycles. The number of carbonyl (C=O) groups excluding carboxylic acids is 1. The molecule has 0 saturated heterocycles. The van der Waals surface area contributed by atoms with Gasteiger partial charge in [-0.05, 0) is 13.8 Å². The Hall–Kier alpha value is -1.08. The van der Waals surface area contributed by atoms with Crippen LogP contribution in [-0.2, 0) is 16.0 Å². The summed E-state index contributed by atoms with van der Waals surface area (Å²) >= 11 is 2.74. The van der Waals surface area contributed by atoms with E-state index in [0.717, 1.165) is 4.34 Å². The second-order valence-corrected chi connectivity index (χ2v) is 5.61. The van der Waals surface area contributed by atoms with Gasteiger partial charge in [-0.15, -0.1) is 11.3 Å². The van der Waals surface area contributed by atoms with E-state index in [1.165, 1.54) is 23.1 Å². The number of hydrogen-bond donors (Lipinski definition) is 1. The van der Waals surface area contributed by atoms with Crippen molar-refractivity contribution in [2.24, 2.45) is 0 Å². The SMILES string of the molecule is CCN(CC)C(=O)CSc1nc(CC(=O)O)cs1. The zero-order valence-electron chi connectivity index (χ0n) is 10.4. The summed E-state index contributed by atoms with van der Waals surface area (Å²) in [5.74, 6) is -0.460. The molecule has 1 aromatic rings. The maximum Gasteiger partial charge on any atom is 0.309 e. The Balaban J connectivity index is 2.46. The largest absolute Gasteiger partial charge is 0.481 e. The zero-order valence-corrected chi connectivity index (χ0v) is 12.0. The number of amides is 1. The van der Waals surface area contributed by atoms with Crippen molar-refractivity contribution in [2.45, 2.75) is 24.6 Å². The van der Waals surface area contributed by atoms with E-state index in [1.807, 2.05) is 13.8 Å². The van der Waals surface area contributed by atoms with Crippen molar-refractivity contribution in [3.05, 3.63) is 11.1 Å². The Bertz CT molecular complexity index is 416. The first kappa shape index (κ1) is 15.0. The molecule has 1 amide bonds. The van der Waals surface area contributed by atoms with Crippen LogP contribution >= 0.6 is 23.1 Å². The fourth-order valence-electron chi connectivity index (χ4n) is 1.38. The molecule has 1 N–H and O–H groups in total. The third-order valence-electron chi connectivity index (χ3n) is 2.30. The summed E-state index contributed by atoms with van der Waals surface area (Å²) in [7, 11) is 0. The van der Waals surface area contributed by atoms with Crippen molar-refractivity contribution in [3.63, 3.8) is 0 Å². The molecule has 0 atom stereocenters. The lowest BCUT2D eigenvalue weighted by Crippen LogP contribution is -2.31. The second kappa shape index (κ2) is 7.38. The van der Waals surface area contributed by atoms with Crippen LogP contribution in [-0.4, -0.2) is 45.7 Å². The summed E-state index contributed by atoms with van der Waals surface area (Å²) in [4.78, 5) is 28.2. The average molecular weight is 288 g/mol. The van der Waals surface area contributed by atoms with Crippen LogP contribution in [0.5, 0.6) is 0 Å². The number of carboxylic acid groups (broad SMARTS) is 1. The smallest absolute Gasteiger partial charge is 0.309 e. The molecule has 0 radical (unpaired) electrons. The Morgan fingerprint density at radius 1 is 1.44 bits per heavy atom. The maximum atomic E-state index is 11.8. The summed E-state index contributed by atoms with van der Waals surface area (Å²) in [6.45, 7) is 5.30. The van der Waals surface area contributed by atoms with Gasteiger partial charge in [0.25, 0.3) is 0 Å².